The highest BCUT2D eigenvalue weighted by molar-refractivity contribution is 6.04. The largest absolute Gasteiger partial charge is 0.339 e. The lowest BCUT2D eigenvalue weighted by Gasteiger charge is -2.33. The maximum atomic E-state index is 12.7. The molecule has 0 saturated carbocycles. The lowest BCUT2D eigenvalue weighted by atomic mass is 9.97. The normalized spacial score (nSPS) is 17.7. The Morgan fingerprint density at radius 3 is 2.62 bits per heavy atom. The van der Waals surface area contributed by atoms with E-state index in [2.05, 4.69) is 16.5 Å². The molecule has 0 bridgehead atoms. The van der Waals surface area contributed by atoms with Crippen LogP contribution in [-0.2, 0) is 4.79 Å². The van der Waals surface area contributed by atoms with Gasteiger partial charge in [0.15, 0.2) is 0 Å². The number of piperidine rings is 1. The number of carbonyl (C=O) groups excluding carboxylic acids is 2. The van der Waals surface area contributed by atoms with Crippen LogP contribution in [0.4, 0.5) is 5.82 Å². The third kappa shape index (κ3) is 4.26. The van der Waals surface area contributed by atoms with Crippen molar-refractivity contribution in [3.63, 3.8) is 0 Å². The first kappa shape index (κ1) is 19.4. The van der Waals surface area contributed by atoms with E-state index in [1.54, 1.807) is 6.20 Å². The summed E-state index contributed by atoms with van der Waals surface area (Å²) in [6.45, 7) is 3.39. The van der Waals surface area contributed by atoms with Gasteiger partial charge >= 0.3 is 0 Å². The molecule has 1 N–H and O–H groups in total. The lowest BCUT2D eigenvalue weighted by molar-refractivity contribution is -0.128. The van der Waals surface area contributed by atoms with Crippen molar-refractivity contribution >= 4 is 17.6 Å². The quantitative estimate of drug-likeness (QED) is 0.851. The van der Waals surface area contributed by atoms with Crippen molar-refractivity contribution in [1.82, 2.24) is 14.7 Å². The molecule has 29 heavy (non-hydrogen) atoms. The van der Waals surface area contributed by atoms with Gasteiger partial charge < -0.3 is 10.2 Å². The molecule has 1 saturated heterocycles. The van der Waals surface area contributed by atoms with E-state index in [-0.39, 0.29) is 17.9 Å². The van der Waals surface area contributed by atoms with E-state index in [9.17, 15) is 9.59 Å². The van der Waals surface area contributed by atoms with E-state index >= 15 is 0 Å². The molecular weight excluding hydrogens is 364 g/mol. The molecule has 4 rings (SSSR count). The number of nitrogens with zero attached hydrogens (tertiary/aromatic N) is 3. The highest BCUT2D eigenvalue weighted by Crippen LogP contribution is 2.28. The first-order valence-corrected chi connectivity index (χ1v) is 10.5. The Kier molecular flexibility index (Phi) is 5.79. The number of aryl methyl sites for hydroxylation is 1. The maximum absolute atomic E-state index is 12.7. The van der Waals surface area contributed by atoms with Crippen molar-refractivity contribution in [2.75, 3.05) is 18.4 Å². The van der Waals surface area contributed by atoms with Crippen molar-refractivity contribution in [3.05, 3.63) is 59.3 Å². The Morgan fingerprint density at radius 1 is 1.10 bits per heavy atom. The molecule has 2 aliphatic rings. The third-order valence-corrected chi connectivity index (χ3v) is 5.96. The first-order chi connectivity index (χ1) is 14.1. The molecule has 1 aromatic carbocycles. The molecule has 6 nitrogen and oxygen atoms in total. The van der Waals surface area contributed by atoms with Crippen molar-refractivity contribution in [1.29, 1.82) is 0 Å². The molecule has 1 aromatic heterocycles. The zero-order chi connectivity index (χ0) is 20.2. The van der Waals surface area contributed by atoms with E-state index < -0.39 is 0 Å². The second-order valence-corrected chi connectivity index (χ2v) is 7.93. The van der Waals surface area contributed by atoms with Crippen LogP contribution in [0.2, 0.25) is 0 Å². The fourth-order valence-electron chi connectivity index (χ4n) is 4.26. The predicted octanol–water partition coefficient (Wildman–Crippen LogP) is 4.11. The molecule has 1 aliphatic heterocycles. The Bertz CT molecular complexity index is 922. The molecule has 2 amide bonds. The van der Waals surface area contributed by atoms with E-state index in [0.717, 1.165) is 56.3 Å². The summed E-state index contributed by atoms with van der Waals surface area (Å²) in [6, 6.07) is 9.57. The van der Waals surface area contributed by atoms with Gasteiger partial charge in [0.1, 0.15) is 5.82 Å². The predicted molar refractivity (Wildman–Crippen MR) is 113 cm³/mol. The number of benzene rings is 1. The summed E-state index contributed by atoms with van der Waals surface area (Å²) >= 11 is 0. The Hall–Kier alpha value is -2.89. The second kappa shape index (κ2) is 8.64. The smallest absolute Gasteiger partial charge is 0.257 e. The molecule has 2 aromatic rings. The SMILES string of the molecule is Cc1ccccc1C(=O)Nc1ccnn1C1CCN(C(=O)C2=CCCCC2)CC1. The lowest BCUT2D eigenvalue weighted by Crippen LogP contribution is -2.40. The zero-order valence-electron chi connectivity index (χ0n) is 16.9. The number of rotatable bonds is 4. The van der Waals surface area contributed by atoms with Gasteiger partial charge in [-0.05, 0) is 57.1 Å². The Morgan fingerprint density at radius 2 is 1.90 bits per heavy atom. The molecular formula is C23H28N4O2. The van der Waals surface area contributed by atoms with Gasteiger partial charge in [-0.1, -0.05) is 24.3 Å². The number of amides is 2. The van der Waals surface area contributed by atoms with Crippen LogP contribution in [0, 0.1) is 6.92 Å². The number of hydrogen-bond acceptors (Lipinski definition) is 3. The van der Waals surface area contributed by atoms with Gasteiger partial charge in [0.25, 0.3) is 5.91 Å². The minimum Gasteiger partial charge on any atom is -0.339 e. The van der Waals surface area contributed by atoms with Crippen LogP contribution in [0.1, 0.15) is 60.5 Å². The van der Waals surface area contributed by atoms with Gasteiger partial charge in [0, 0.05) is 30.3 Å². The number of allylic oxidation sites excluding steroid dienone is 1. The Labute approximate surface area is 171 Å². The number of likely N-dealkylation sites (tertiary alicyclic amines) is 1. The third-order valence-electron chi connectivity index (χ3n) is 5.96. The van der Waals surface area contributed by atoms with Crippen LogP contribution in [-0.4, -0.2) is 39.6 Å². The fourth-order valence-corrected chi connectivity index (χ4v) is 4.26. The van der Waals surface area contributed by atoms with Crippen LogP contribution in [0.15, 0.2) is 48.2 Å². The molecule has 0 unspecified atom stereocenters. The second-order valence-electron chi connectivity index (χ2n) is 7.93. The monoisotopic (exact) mass is 392 g/mol. The summed E-state index contributed by atoms with van der Waals surface area (Å²) in [7, 11) is 0. The maximum Gasteiger partial charge on any atom is 0.257 e. The Balaban J connectivity index is 1.39. The highest BCUT2D eigenvalue weighted by atomic mass is 16.2. The molecule has 6 heteroatoms. The average molecular weight is 393 g/mol. The van der Waals surface area contributed by atoms with Gasteiger partial charge in [-0.3, -0.25) is 9.59 Å². The fraction of sp³-hybridized carbons (Fsp3) is 0.435. The van der Waals surface area contributed by atoms with Crippen LogP contribution in [0.3, 0.4) is 0 Å². The standard InChI is InChI=1S/C23H28N4O2/c1-17-7-5-6-10-20(17)22(28)25-21-11-14-24-27(21)19-12-15-26(16-13-19)23(29)18-8-3-2-4-9-18/h5-8,10-11,14,19H,2-4,9,12-13,15-16H2,1H3,(H,25,28). The summed E-state index contributed by atoms with van der Waals surface area (Å²) in [6.07, 6.45) is 9.76. The molecule has 2 heterocycles. The number of anilines is 1. The zero-order valence-corrected chi connectivity index (χ0v) is 16.9. The molecule has 1 fully saturated rings. The summed E-state index contributed by atoms with van der Waals surface area (Å²) in [4.78, 5) is 27.4. The van der Waals surface area contributed by atoms with Gasteiger partial charge in [-0.2, -0.15) is 5.10 Å². The molecule has 0 radical (unpaired) electrons. The summed E-state index contributed by atoms with van der Waals surface area (Å²) in [5.41, 5.74) is 2.60. The number of aromatic nitrogens is 2. The van der Waals surface area contributed by atoms with Gasteiger partial charge in [-0.15, -0.1) is 0 Å². The van der Waals surface area contributed by atoms with Gasteiger partial charge in [-0.25, -0.2) is 4.68 Å². The number of hydrogen-bond donors (Lipinski definition) is 1. The minimum atomic E-state index is -0.123. The number of nitrogens with one attached hydrogen (secondary N) is 1. The number of carbonyl (C=O) groups is 2. The van der Waals surface area contributed by atoms with Crippen molar-refractivity contribution in [2.45, 2.75) is 51.5 Å². The highest BCUT2D eigenvalue weighted by Gasteiger charge is 2.27. The molecule has 1 aliphatic carbocycles. The van der Waals surface area contributed by atoms with Crippen LogP contribution in [0.25, 0.3) is 0 Å². The van der Waals surface area contributed by atoms with Gasteiger partial charge in [0.05, 0.1) is 12.2 Å². The van der Waals surface area contributed by atoms with E-state index in [4.69, 9.17) is 0 Å². The average Bonchev–Trinajstić information content (AvgIpc) is 3.22. The van der Waals surface area contributed by atoms with Crippen LogP contribution >= 0.6 is 0 Å². The molecule has 152 valence electrons. The minimum absolute atomic E-state index is 0.123. The summed E-state index contributed by atoms with van der Waals surface area (Å²) in [5, 5.41) is 7.46. The summed E-state index contributed by atoms with van der Waals surface area (Å²) in [5.74, 6) is 0.788. The summed E-state index contributed by atoms with van der Waals surface area (Å²) < 4.78 is 1.90. The van der Waals surface area contributed by atoms with Crippen LogP contribution in [0.5, 0.6) is 0 Å². The van der Waals surface area contributed by atoms with Crippen LogP contribution < -0.4 is 5.32 Å². The van der Waals surface area contributed by atoms with Crippen molar-refractivity contribution in [2.24, 2.45) is 0 Å². The van der Waals surface area contributed by atoms with E-state index in [1.807, 2.05) is 46.8 Å². The van der Waals surface area contributed by atoms with Crippen molar-refractivity contribution < 1.29 is 9.59 Å². The van der Waals surface area contributed by atoms with Gasteiger partial charge in [0.2, 0.25) is 5.91 Å². The van der Waals surface area contributed by atoms with Crippen molar-refractivity contribution in [3.8, 4) is 0 Å². The first-order valence-electron chi connectivity index (χ1n) is 10.5. The molecule has 0 spiro atoms. The van der Waals surface area contributed by atoms with E-state index in [0.29, 0.717) is 11.4 Å². The van der Waals surface area contributed by atoms with E-state index in [1.165, 1.54) is 6.42 Å². The topological polar surface area (TPSA) is 67.2 Å². The molecule has 0 atom stereocenters.